The Morgan fingerprint density at radius 2 is 1.08 bits per heavy atom. The summed E-state index contributed by atoms with van der Waals surface area (Å²) >= 11 is 0. The van der Waals surface area contributed by atoms with Crippen molar-refractivity contribution >= 4 is 0 Å². The highest BCUT2D eigenvalue weighted by Crippen LogP contribution is 2.15. The van der Waals surface area contributed by atoms with E-state index in [4.69, 9.17) is 0 Å². The van der Waals surface area contributed by atoms with Gasteiger partial charge in [0.25, 0.3) is 0 Å². The van der Waals surface area contributed by atoms with Crippen LogP contribution in [-0.4, -0.2) is 11.2 Å². The Bertz CT molecular complexity index is 470. The first-order chi connectivity index (χ1) is 11.7. The van der Waals surface area contributed by atoms with E-state index in [1.807, 2.05) is 6.92 Å². The summed E-state index contributed by atoms with van der Waals surface area (Å²) in [6.07, 6.45) is 17.1. The lowest BCUT2D eigenvalue weighted by atomic mass is 9.99. The van der Waals surface area contributed by atoms with Crippen molar-refractivity contribution in [1.29, 1.82) is 0 Å². The summed E-state index contributed by atoms with van der Waals surface area (Å²) in [5.74, 6) is 0.346. The molecule has 25 heavy (non-hydrogen) atoms. The number of allylic oxidation sites excluding steroid dienone is 8. The molecule has 0 aromatic heterocycles. The lowest BCUT2D eigenvalue weighted by molar-refractivity contribution is 0.136. The van der Waals surface area contributed by atoms with Crippen LogP contribution in [0.1, 0.15) is 93.4 Å². The van der Waals surface area contributed by atoms with Crippen LogP contribution in [0.5, 0.6) is 0 Å². The van der Waals surface area contributed by atoms with E-state index >= 15 is 0 Å². The topological polar surface area (TPSA) is 20.2 Å². The lowest BCUT2D eigenvalue weighted by Crippen LogP contribution is -2.11. The third-order valence-electron chi connectivity index (χ3n) is 4.82. The minimum atomic E-state index is -0.218. The molecule has 0 fully saturated rings. The molecule has 0 aliphatic rings. The number of aliphatic hydroxyl groups is 1. The van der Waals surface area contributed by atoms with Gasteiger partial charge in [0, 0.05) is 0 Å². The largest absolute Gasteiger partial charge is 0.393 e. The maximum Gasteiger partial charge on any atom is 0.0540 e. The Labute approximate surface area is 157 Å². The molecule has 144 valence electrons. The molecule has 0 saturated heterocycles. The molecule has 0 bridgehead atoms. The van der Waals surface area contributed by atoms with E-state index < -0.39 is 0 Å². The fourth-order valence-corrected chi connectivity index (χ4v) is 2.57. The SMILES string of the molecule is CC(C)=CCCC(C)=CCCC(C)=CCCC(C)=CCC(C)C(C)O. The fraction of sp³-hybridized carbons (Fsp3) is 0.667. The molecule has 1 heteroatoms. The van der Waals surface area contributed by atoms with Crippen molar-refractivity contribution in [3.63, 3.8) is 0 Å². The molecule has 0 spiro atoms. The zero-order valence-electron chi connectivity index (χ0n) is 17.9. The Balaban J connectivity index is 4.05. The van der Waals surface area contributed by atoms with Crippen LogP contribution in [-0.2, 0) is 0 Å². The lowest BCUT2D eigenvalue weighted by Gasteiger charge is -2.12. The van der Waals surface area contributed by atoms with E-state index in [0.717, 1.165) is 25.7 Å². The van der Waals surface area contributed by atoms with Gasteiger partial charge in [-0.2, -0.15) is 0 Å². The van der Waals surface area contributed by atoms with Crippen molar-refractivity contribution < 1.29 is 5.11 Å². The van der Waals surface area contributed by atoms with Gasteiger partial charge in [-0.25, -0.2) is 0 Å². The third-order valence-corrected chi connectivity index (χ3v) is 4.82. The second-order valence-electron chi connectivity index (χ2n) is 8.00. The van der Waals surface area contributed by atoms with Gasteiger partial charge in [0.1, 0.15) is 0 Å². The molecule has 0 aliphatic heterocycles. The first-order valence-corrected chi connectivity index (χ1v) is 10.0. The Morgan fingerprint density at radius 1 is 0.680 bits per heavy atom. The second kappa shape index (κ2) is 14.1. The van der Waals surface area contributed by atoms with Crippen LogP contribution in [0, 0.1) is 5.92 Å². The molecular formula is C24H42O. The maximum absolute atomic E-state index is 9.53. The van der Waals surface area contributed by atoms with Gasteiger partial charge in [0.2, 0.25) is 0 Å². The highest BCUT2D eigenvalue weighted by molar-refractivity contribution is 5.07. The van der Waals surface area contributed by atoms with E-state index in [9.17, 15) is 5.11 Å². The van der Waals surface area contributed by atoms with Crippen molar-refractivity contribution in [2.45, 2.75) is 99.5 Å². The van der Waals surface area contributed by atoms with Gasteiger partial charge in [-0.3, -0.25) is 0 Å². The second-order valence-corrected chi connectivity index (χ2v) is 8.00. The summed E-state index contributed by atoms with van der Waals surface area (Å²) in [7, 11) is 0. The summed E-state index contributed by atoms with van der Waals surface area (Å²) in [4.78, 5) is 0. The van der Waals surface area contributed by atoms with Gasteiger partial charge in [-0.15, -0.1) is 0 Å². The molecule has 0 amide bonds. The van der Waals surface area contributed by atoms with Gasteiger partial charge in [-0.1, -0.05) is 53.5 Å². The van der Waals surface area contributed by atoms with Gasteiger partial charge in [-0.05, 0) is 92.4 Å². The predicted octanol–water partition coefficient (Wildman–Crippen LogP) is 7.54. The molecule has 0 rings (SSSR count). The van der Waals surface area contributed by atoms with Gasteiger partial charge in [0.15, 0.2) is 0 Å². The predicted molar refractivity (Wildman–Crippen MR) is 114 cm³/mol. The first-order valence-electron chi connectivity index (χ1n) is 10.0. The summed E-state index contributed by atoms with van der Waals surface area (Å²) in [5, 5.41) is 9.53. The summed E-state index contributed by atoms with van der Waals surface area (Å²) < 4.78 is 0. The summed E-state index contributed by atoms with van der Waals surface area (Å²) in [5.41, 5.74) is 5.86. The third kappa shape index (κ3) is 14.9. The Morgan fingerprint density at radius 3 is 1.48 bits per heavy atom. The molecule has 0 radical (unpaired) electrons. The Hall–Kier alpha value is -1.08. The van der Waals surface area contributed by atoms with Crippen LogP contribution in [0.25, 0.3) is 0 Å². The van der Waals surface area contributed by atoms with Crippen molar-refractivity contribution in [3.05, 3.63) is 46.6 Å². The standard InChI is InChI=1S/C24H42O/c1-19(2)11-8-12-20(3)13-9-14-21(4)15-10-16-22(5)17-18-23(6)24(7)25/h11,13,15,17,23-25H,8-10,12,14,16,18H2,1-7H3. The minimum absolute atomic E-state index is 0.218. The van der Waals surface area contributed by atoms with Crippen LogP contribution in [0.3, 0.4) is 0 Å². The Kier molecular flexibility index (Phi) is 13.5. The van der Waals surface area contributed by atoms with Crippen molar-refractivity contribution in [2.24, 2.45) is 5.92 Å². The van der Waals surface area contributed by atoms with E-state index in [-0.39, 0.29) is 6.10 Å². The maximum atomic E-state index is 9.53. The van der Waals surface area contributed by atoms with Gasteiger partial charge in [0.05, 0.1) is 6.10 Å². The molecule has 0 aliphatic carbocycles. The molecule has 0 saturated carbocycles. The molecule has 0 aromatic carbocycles. The molecular weight excluding hydrogens is 304 g/mol. The number of rotatable bonds is 12. The van der Waals surface area contributed by atoms with Crippen LogP contribution in [0.4, 0.5) is 0 Å². The summed E-state index contributed by atoms with van der Waals surface area (Å²) in [6.45, 7) is 15.0. The van der Waals surface area contributed by atoms with Crippen molar-refractivity contribution in [2.75, 3.05) is 0 Å². The molecule has 0 aromatic rings. The molecule has 1 nitrogen and oxygen atoms in total. The minimum Gasteiger partial charge on any atom is -0.393 e. The first kappa shape index (κ1) is 23.9. The molecule has 2 atom stereocenters. The van der Waals surface area contributed by atoms with Crippen molar-refractivity contribution in [1.82, 2.24) is 0 Å². The average molecular weight is 347 g/mol. The number of aliphatic hydroxyl groups excluding tert-OH is 1. The fourth-order valence-electron chi connectivity index (χ4n) is 2.57. The highest BCUT2D eigenvalue weighted by Gasteiger charge is 2.06. The normalized spacial score (nSPS) is 15.9. The van der Waals surface area contributed by atoms with E-state index in [2.05, 4.69) is 65.8 Å². The van der Waals surface area contributed by atoms with E-state index in [1.165, 1.54) is 41.6 Å². The van der Waals surface area contributed by atoms with E-state index in [1.54, 1.807) is 0 Å². The summed E-state index contributed by atoms with van der Waals surface area (Å²) in [6, 6.07) is 0. The smallest absolute Gasteiger partial charge is 0.0540 e. The van der Waals surface area contributed by atoms with Gasteiger partial charge < -0.3 is 5.11 Å². The number of hydrogen-bond donors (Lipinski definition) is 1. The average Bonchev–Trinajstić information content (AvgIpc) is 2.52. The van der Waals surface area contributed by atoms with Crippen LogP contribution in [0.15, 0.2) is 46.6 Å². The zero-order chi connectivity index (χ0) is 19.2. The highest BCUT2D eigenvalue weighted by atomic mass is 16.3. The molecule has 2 unspecified atom stereocenters. The quantitative estimate of drug-likeness (QED) is 0.362. The zero-order valence-corrected chi connectivity index (χ0v) is 17.9. The molecule has 1 N–H and O–H groups in total. The molecule has 0 heterocycles. The van der Waals surface area contributed by atoms with Gasteiger partial charge >= 0.3 is 0 Å². The monoisotopic (exact) mass is 346 g/mol. The van der Waals surface area contributed by atoms with Crippen LogP contribution in [0.2, 0.25) is 0 Å². The number of hydrogen-bond acceptors (Lipinski definition) is 1. The van der Waals surface area contributed by atoms with Crippen LogP contribution >= 0.6 is 0 Å². The van der Waals surface area contributed by atoms with Crippen molar-refractivity contribution in [3.8, 4) is 0 Å². The van der Waals surface area contributed by atoms with Crippen LogP contribution < -0.4 is 0 Å². The van der Waals surface area contributed by atoms with E-state index in [0.29, 0.717) is 5.92 Å².